The van der Waals surface area contributed by atoms with Crippen molar-refractivity contribution in [3.63, 3.8) is 0 Å². The SMILES string of the molecule is Cc1cc2nc(C(C)(C)C)n(CCCCN)c2cc1C. The Morgan fingerprint density at radius 2 is 1.75 bits per heavy atom. The summed E-state index contributed by atoms with van der Waals surface area (Å²) in [6.45, 7) is 12.8. The molecule has 0 unspecified atom stereocenters. The highest BCUT2D eigenvalue weighted by Gasteiger charge is 2.22. The van der Waals surface area contributed by atoms with E-state index in [0.717, 1.165) is 31.4 Å². The van der Waals surface area contributed by atoms with E-state index in [9.17, 15) is 0 Å². The molecule has 0 atom stereocenters. The van der Waals surface area contributed by atoms with Gasteiger partial charge in [-0.05, 0) is 56.5 Å². The van der Waals surface area contributed by atoms with Gasteiger partial charge in [-0.3, -0.25) is 0 Å². The lowest BCUT2D eigenvalue weighted by molar-refractivity contribution is 0.492. The minimum Gasteiger partial charge on any atom is -0.330 e. The van der Waals surface area contributed by atoms with Crippen molar-refractivity contribution < 1.29 is 0 Å². The number of hydrogen-bond donors (Lipinski definition) is 1. The molecule has 1 heterocycles. The first-order valence-electron chi connectivity index (χ1n) is 7.52. The first-order valence-corrected chi connectivity index (χ1v) is 7.52. The maximum atomic E-state index is 5.62. The van der Waals surface area contributed by atoms with Gasteiger partial charge in [-0.2, -0.15) is 0 Å². The van der Waals surface area contributed by atoms with Crippen molar-refractivity contribution in [2.75, 3.05) is 6.54 Å². The normalized spacial score (nSPS) is 12.3. The maximum absolute atomic E-state index is 5.62. The number of rotatable bonds is 4. The lowest BCUT2D eigenvalue weighted by Crippen LogP contribution is -2.19. The second-order valence-electron chi connectivity index (χ2n) is 6.76. The summed E-state index contributed by atoms with van der Waals surface area (Å²) in [7, 11) is 0. The van der Waals surface area contributed by atoms with E-state index in [4.69, 9.17) is 10.7 Å². The van der Waals surface area contributed by atoms with Gasteiger partial charge in [0, 0.05) is 12.0 Å². The molecule has 3 heteroatoms. The van der Waals surface area contributed by atoms with Gasteiger partial charge in [-0.15, -0.1) is 0 Å². The van der Waals surface area contributed by atoms with Crippen LogP contribution in [0.25, 0.3) is 11.0 Å². The molecule has 0 spiro atoms. The highest BCUT2D eigenvalue weighted by molar-refractivity contribution is 5.78. The third-order valence-corrected chi connectivity index (χ3v) is 3.87. The molecule has 1 aromatic carbocycles. The number of benzene rings is 1. The molecule has 3 nitrogen and oxygen atoms in total. The topological polar surface area (TPSA) is 43.8 Å². The Labute approximate surface area is 122 Å². The summed E-state index contributed by atoms with van der Waals surface area (Å²) in [6.07, 6.45) is 2.17. The zero-order chi connectivity index (χ0) is 14.9. The highest BCUT2D eigenvalue weighted by Crippen LogP contribution is 2.28. The largest absolute Gasteiger partial charge is 0.330 e. The van der Waals surface area contributed by atoms with Crippen molar-refractivity contribution in [2.24, 2.45) is 5.73 Å². The van der Waals surface area contributed by atoms with Crippen LogP contribution in [0.5, 0.6) is 0 Å². The molecule has 1 aromatic heterocycles. The first kappa shape index (κ1) is 15.0. The molecular formula is C17H27N3. The average Bonchev–Trinajstić information content (AvgIpc) is 2.69. The minimum atomic E-state index is 0.0591. The summed E-state index contributed by atoms with van der Waals surface area (Å²) in [5.41, 5.74) is 10.7. The standard InChI is InChI=1S/C17H27N3/c1-12-10-14-15(11-13(12)2)20(9-7-6-8-18)16(19-14)17(3,4)5/h10-11H,6-9,18H2,1-5H3. The number of fused-ring (bicyclic) bond motifs is 1. The lowest BCUT2D eigenvalue weighted by atomic mass is 9.95. The molecule has 0 radical (unpaired) electrons. The third kappa shape index (κ3) is 2.88. The Kier molecular flexibility index (Phi) is 4.19. The molecule has 110 valence electrons. The van der Waals surface area contributed by atoms with Crippen molar-refractivity contribution in [3.05, 3.63) is 29.1 Å². The predicted octanol–water partition coefficient (Wildman–Crippen LogP) is 3.69. The van der Waals surface area contributed by atoms with E-state index >= 15 is 0 Å². The van der Waals surface area contributed by atoms with Gasteiger partial charge in [0.25, 0.3) is 0 Å². The summed E-state index contributed by atoms with van der Waals surface area (Å²) in [5.74, 6) is 1.18. The zero-order valence-corrected chi connectivity index (χ0v) is 13.5. The van der Waals surface area contributed by atoms with E-state index in [-0.39, 0.29) is 5.41 Å². The lowest BCUT2D eigenvalue weighted by Gasteiger charge is -2.20. The van der Waals surface area contributed by atoms with Gasteiger partial charge in [0.2, 0.25) is 0 Å². The van der Waals surface area contributed by atoms with Crippen molar-refractivity contribution in [2.45, 2.75) is 59.4 Å². The van der Waals surface area contributed by atoms with Crippen molar-refractivity contribution in [1.29, 1.82) is 0 Å². The summed E-state index contributed by atoms with van der Waals surface area (Å²) >= 11 is 0. The molecule has 2 N–H and O–H groups in total. The molecule has 0 saturated heterocycles. The molecule has 0 amide bonds. The Balaban J connectivity index is 2.56. The highest BCUT2D eigenvalue weighted by atomic mass is 15.1. The van der Waals surface area contributed by atoms with Crippen molar-refractivity contribution >= 4 is 11.0 Å². The Hall–Kier alpha value is -1.35. The number of hydrogen-bond acceptors (Lipinski definition) is 2. The Bertz CT molecular complexity index is 603. The number of nitrogens with zero attached hydrogens (tertiary/aromatic N) is 2. The molecular weight excluding hydrogens is 246 g/mol. The van der Waals surface area contributed by atoms with Crippen LogP contribution in [0.15, 0.2) is 12.1 Å². The van der Waals surface area contributed by atoms with Gasteiger partial charge in [0.05, 0.1) is 11.0 Å². The molecule has 0 bridgehead atoms. The number of unbranched alkanes of at least 4 members (excludes halogenated alkanes) is 1. The number of aryl methyl sites for hydroxylation is 3. The molecule has 2 aromatic rings. The van der Waals surface area contributed by atoms with E-state index in [1.54, 1.807) is 0 Å². The Morgan fingerprint density at radius 3 is 2.35 bits per heavy atom. The van der Waals surface area contributed by atoms with E-state index < -0.39 is 0 Å². The van der Waals surface area contributed by atoms with E-state index in [1.165, 1.54) is 22.5 Å². The fourth-order valence-electron chi connectivity index (χ4n) is 2.59. The summed E-state index contributed by atoms with van der Waals surface area (Å²) in [4.78, 5) is 4.90. The fourth-order valence-corrected chi connectivity index (χ4v) is 2.59. The van der Waals surface area contributed by atoms with Gasteiger partial charge < -0.3 is 10.3 Å². The smallest absolute Gasteiger partial charge is 0.115 e. The molecule has 0 saturated carbocycles. The molecule has 0 aliphatic rings. The summed E-state index contributed by atoms with van der Waals surface area (Å²) < 4.78 is 2.39. The van der Waals surface area contributed by atoms with Gasteiger partial charge in [-0.25, -0.2) is 4.98 Å². The second-order valence-corrected chi connectivity index (χ2v) is 6.76. The molecule has 0 aliphatic heterocycles. The van der Waals surface area contributed by atoms with Crippen LogP contribution >= 0.6 is 0 Å². The van der Waals surface area contributed by atoms with Crippen molar-refractivity contribution in [3.8, 4) is 0 Å². The monoisotopic (exact) mass is 273 g/mol. The average molecular weight is 273 g/mol. The van der Waals surface area contributed by atoms with Crippen molar-refractivity contribution in [1.82, 2.24) is 9.55 Å². The molecule has 20 heavy (non-hydrogen) atoms. The summed E-state index contributed by atoms with van der Waals surface area (Å²) in [6, 6.07) is 4.48. The van der Waals surface area contributed by atoms with E-state index in [1.807, 2.05) is 0 Å². The number of imidazole rings is 1. The minimum absolute atomic E-state index is 0.0591. The van der Waals surface area contributed by atoms with Crippen LogP contribution in [-0.4, -0.2) is 16.1 Å². The number of nitrogens with two attached hydrogens (primary N) is 1. The van der Waals surface area contributed by atoms with E-state index in [0.29, 0.717) is 0 Å². The predicted molar refractivity (Wildman–Crippen MR) is 86.2 cm³/mol. The molecule has 0 fully saturated rings. The quantitative estimate of drug-likeness (QED) is 0.863. The van der Waals surface area contributed by atoms with Crippen LogP contribution in [0.3, 0.4) is 0 Å². The molecule has 2 rings (SSSR count). The van der Waals surface area contributed by atoms with Gasteiger partial charge >= 0.3 is 0 Å². The van der Waals surface area contributed by atoms with Crippen LogP contribution in [-0.2, 0) is 12.0 Å². The Morgan fingerprint density at radius 1 is 1.10 bits per heavy atom. The third-order valence-electron chi connectivity index (χ3n) is 3.87. The van der Waals surface area contributed by atoms with Crippen LogP contribution in [0, 0.1) is 13.8 Å². The first-order chi connectivity index (χ1) is 9.34. The zero-order valence-electron chi connectivity index (χ0n) is 13.5. The van der Waals surface area contributed by atoms with Gasteiger partial charge in [-0.1, -0.05) is 20.8 Å². The second kappa shape index (κ2) is 5.57. The van der Waals surface area contributed by atoms with Crippen LogP contribution in [0.4, 0.5) is 0 Å². The van der Waals surface area contributed by atoms with Gasteiger partial charge in [0.1, 0.15) is 5.82 Å². The van der Waals surface area contributed by atoms with Crippen LogP contribution < -0.4 is 5.73 Å². The van der Waals surface area contributed by atoms with Crippen LogP contribution in [0.1, 0.15) is 50.6 Å². The van der Waals surface area contributed by atoms with E-state index in [2.05, 4.69) is 51.3 Å². The van der Waals surface area contributed by atoms with Crippen LogP contribution in [0.2, 0.25) is 0 Å². The maximum Gasteiger partial charge on any atom is 0.115 e. The number of aromatic nitrogens is 2. The fraction of sp³-hybridized carbons (Fsp3) is 0.588. The van der Waals surface area contributed by atoms with Gasteiger partial charge in [0.15, 0.2) is 0 Å². The molecule has 0 aliphatic carbocycles. The summed E-state index contributed by atoms with van der Waals surface area (Å²) in [5, 5.41) is 0.